The number of amides is 1. The molecule has 2 aliphatic rings. The van der Waals surface area contributed by atoms with Gasteiger partial charge in [0.05, 0.1) is 11.2 Å². The van der Waals surface area contributed by atoms with Gasteiger partial charge in [0.15, 0.2) is 0 Å². The van der Waals surface area contributed by atoms with Gasteiger partial charge in [0.1, 0.15) is 5.60 Å². The van der Waals surface area contributed by atoms with Crippen LogP contribution in [-0.2, 0) is 14.0 Å². The lowest BCUT2D eigenvalue weighted by Gasteiger charge is -2.32. The number of likely N-dealkylation sites (tertiary alicyclic amines) is 1. The minimum absolute atomic E-state index is 0.247. The van der Waals surface area contributed by atoms with Crippen LogP contribution >= 0.6 is 0 Å². The smallest absolute Gasteiger partial charge is 0.444 e. The van der Waals surface area contributed by atoms with E-state index in [1.54, 1.807) is 17.3 Å². The van der Waals surface area contributed by atoms with Crippen molar-refractivity contribution >= 4 is 24.6 Å². The Morgan fingerprint density at radius 2 is 1.83 bits per heavy atom. The normalized spacial score (nSPS) is 23.3. The van der Waals surface area contributed by atoms with Crippen molar-refractivity contribution in [2.24, 2.45) is 5.92 Å². The maximum Gasteiger partial charge on any atom is 0.498 e. The van der Waals surface area contributed by atoms with E-state index in [0.717, 1.165) is 11.9 Å². The Morgan fingerprint density at radius 1 is 1.24 bits per heavy atom. The van der Waals surface area contributed by atoms with Gasteiger partial charge in [-0.25, -0.2) is 14.8 Å². The van der Waals surface area contributed by atoms with Crippen LogP contribution in [0.1, 0.15) is 54.9 Å². The Kier molecular flexibility index (Phi) is 5.84. The van der Waals surface area contributed by atoms with Gasteiger partial charge in [-0.1, -0.05) is 0 Å². The average molecular weight is 404 g/mol. The van der Waals surface area contributed by atoms with E-state index < -0.39 is 23.9 Å². The van der Waals surface area contributed by atoms with Crippen LogP contribution in [0, 0.1) is 5.92 Å². The summed E-state index contributed by atoms with van der Waals surface area (Å²) in [5, 5.41) is 3.26. The Labute approximate surface area is 173 Å². The van der Waals surface area contributed by atoms with Gasteiger partial charge < -0.3 is 24.3 Å². The Balaban J connectivity index is 1.49. The van der Waals surface area contributed by atoms with Gasteiger partial charge in [0.25, 0.3) is 0 Å². The molecule has 0 spiro atoms. The summed E-state index contributed by atoms with van der Waals surface area (Å²) in [6.07, 6.45) is 4.15. The molecule has 1 aromatic heterocycles. The van der Waals surface area contributed by atoms with Gasteiger partial charge in [-0.2, -0.15) is 0 Å². The van der Waals surface area contributed by atoms with Crippen molar-refractivity contribution in [1.82, 2.24) is 14.9 Å². The first-order valence-electron chi connectivity index (χ1n) is 10.3. The van der Waals surface area contributed by atoms with Crippen LogP contribution in [0.5, 0.6) is 0 Å². The first-order valence-corrected chi connectivity index (χ1v) is 10.3. The number of nitrogens with one attached hydrogen (secondary N) is 1. The highest BCUT2D eigenvalue weighted by Crippen LogP contribution is 2.36. The molecule has 1 atom stereocenters. The number of hydrogen-bond donors (Lipinski definition) is 1. The monoisotopic (exact) mass is 404 g/mol. The van der Waals surface area contributed by atoms with E-state index in [9.17, 15) is 4.79 Å². The van der Waals surface area contributed by atoms with E-state index in [1.165, 1.54) is 0 Å². The summed E-state index contributed by atoms with van der Waals surface area (Å²) >= 11 is 0. The molecule has 29 heavy (non-hydrogen) atoms. The lowest BCUT2D eigenvalue weighted by molar-refractivity contribution is 0.00578. The van der Waals surface area contributed by atoms with Crippen molar-refractivity contribution in [2.45, 2.75) is 71.7 Å². The van der Waals surface area contributed by atoms with Gasteiger partial charge >= 0.3 is 13.2 Å². The number of carbonyl (C=O) groups excluding carboxylic acids is 1. The minimum Gasteiger partial charge on any atom is -0.444 e. The fourth-order valence-corrected chi connectivity index (χ4v) is 3.26. The fourth-order valence-electron chi connectivity index (χ4n) is 3.26. The lowest BCUT2D eigenvalue weighted by Crippen LogP contribution is -2.41. The van der Waals surface area contributed by atoms with Gasteiger partial charge in [-0.05, 0) is 60.8 Å². The summed E-state index contributed by atoms with van der Waals surface area (Å²) in [6, 6.07) is 0. The number of rotatable bonds is 4. The third-order valence-corrected chi connectivity index (χ3v) is 5.68. The highest BCUT2D eigenvalue weighted by molar-refractivity contribution is 6.61. The van der Waals surface area contributed by atoms with E-state index in [-0.39, 0.29) is 6.09 Å². The molecule has 8 nitrogen and oxygen atoms in total. The van der Waals surface area contributed by atoms with E-state index in [1.807, 2.05) is 48.5 Å². The number of nitrogens with zero attached hydrogens (tertiary/aromatic N) is 3. The van der Waals surface area contributed by atoms with Crippen molar-refractivity contribution in [3.8, 4) is 0 Å². The standard InChI is InChI=1S/C20H33BN4O4/c1-18(2,3)27-17(26)25-9-8-14(13-25)10-22-16-23-11-15(12-24-16)21-28-19(4,5)20(6,7)29-21/h11-12,14H,8-10,13H2,1-7H3,(H,22,23,24)/t14-/m0/s1. The van der Waals surface area contributed by atoms with Gasteiger partial charge in [0, 0.05) is 37.5 Å². The molecule has 2 saturated heterocycles. The first kappa shape index (κ1) is 21.8. The topological polar surface area (TPSA) is 85.8 Å². The van der Waals surface area contributed by atoms with E-state index in [4.69, 9.17) is 14.0 Å². The van der Waals surface area contributed by atoms with Crippen molar-refractivity contribution in [1.29, 1.82) is 0 Å². The molecule has 0 aliphatic carbocycles. The molecule has 9 heteroatoms. The second-order valence-corrected chi connectivity index (χ2v) is 9.89. The SMILES string of the molecule is CC(C)(C)OC(=O)N1CC[C@@H](CNc2ncc(B3OC(C)(C)C(C)(C)O3)cn2)C1. The second-order valence-electron chi connectivity index (χ2n) is 9.89. The van der Waals surface area contributed by atoms with Crippen LogP contribution in [0.25, 0.3) is 0 Å². The van der Waals surface area contributed by atoms with E-state index in [0.29, 0.717) is 31.5 Å². The number of anilines is 1. The maximum atomic E-state index is 12.2. The van der Waals surface area contributed by atoms with Crippen LogP contribution in [0.2, 0.25) is 0 Å². The Morgan fingerprint density at radius 3 is 2.38 bits per heavy atom. The number of hydrogen-bond acceptors (Lipinski definition) is 7. The summed E-state index contributed by atoms with van der Waals surface area (Å²) in [5.41, 5.74) is -0.458. The molecular formula is C20H33BN4O4. The minimum atomic E-state index is -0.472. The van der Waals surface area contributed by atoms with Crippen molar-refractivity contribution in [3.63, 3.8) is 0 Å². The number of aromatic nitrogens is 2. The second kappa shape index (κ2) is 7.76. The molecule has 0 unspecified atom stereocenters. The zero-order valence-corrected chi connectivity index (χ0v) is 18.6. The molecule has 160 valence electrons. The summed E-state index contributed by atoms with van der Waals surface area (Å²) in [5.74, 6) is 0.898. The molecule has 1 amide bonds. The molecule has 0 saturated carbocycles. The summed E-state index contributed by atoms with van der Waals surface area (Å²) in [6.45, 7) is 15.8. The summed E-state index contributed by atoms with van der Waals surface area (Å²) in [4.78, 5) is 22.7. The van der Waals surface area contributed by atoms with Crippen LogP contribution in [0.15, 0.2) is 12.4 Å². The maximum absolute atomic E-state index is 12.2. The largest absolute Gasteiger partial charge is 0.498 e. The number of carbonyl (C=O) groups is 1. The van der Waals surface area contributed by atoms with Crippen molar-refractivity contribution in [3.05, 3.63) is 12.4 Å². The average Bonchev–Trinajstić information content (AvgIpc) is 3.14. The van der Waals surface area contributed by atoms with Crippen LogP contribution < -0.4 is 10.8 Å². The molecule has 2 fully saturated rings. The lowest BCUT2D eigenvalue weighted by atomic mass is 9.81. The van der Waals surface area contributed by atoms with E-state index >= 15 is 0 Å². The molecule has 0 aromatic carbocycles. The molecule has 3 heterocycles. The Bertz CT molecular complexity index is 717. The molecular weight excluding hydrogens is 371 g/mol. The van der Waals surface area contributed by atoms with Crippen LogP contribution in [-0.4, -0.2) is 64.5 Å². The van der Waals surface area contributed by atoms with Crippen molar-refractivity contribution < 1.29 is 18.8 Å². The third kappa shape index (κ3) is 5.19. The van der Waals surface area contributed by atoms with Crippen LogP contribution in [0.3, 0.4) is 0 Å². The molecule has 0 bridgehead atoms. The van der Waals surface area contributed by atoms with Crippen LogP contribution in [0.4, 0.5) is 10.7 Å². The predicted molar refractivity (Wildman–Crippen MR) is 112 cm³/mol. The first-order chi connectivity index (χ1) is 13.4. The van der Waals surface area contributed by atoms with Crippen molar-refractivity contribution in [2.75, 3.05) is 25.0 Å². The van der Waals surface area contributed by atoms with Gasteiger partial charge in [-0.3, -0.25) is 0 Å². The molecule has 1 N–H and O–H groups in total. The highest BCUT2D eigenvalue weighted by atomic mass is 16.7. The zero-order valence-electron chi connectivity index (χ0n) is 18.6. The van der Waals surface area contributed by atoms with Gasteiger partial charge in [-0.15, -0.1) is 0 Å². The zero-order chi connectivity index (χ0) is 21.4. The van der Waals surface area contributed by atoms with E-state index in [2.05, 4.69) is 15.3 Å². The summed E-state index contributed by atoms with van der Waals surface area (Å²) < 4.78 is 17.5. The third-order valence-electron chi connectivity index (χ3n) is 5.68. The number of ether oxygens (including phenoxy) is 1. The predicted octanol–water partition coefficient (Wildman–Crippen LogP) is 2.44. The molecule has 0 radical (unpaired) electrons. The fraction of sp³-hybridized carbons (Fsp3) is 0.750. The van der Waals surface area contributed by atoms with Gasteiger partial charge in [0.2, 0.25) is 5.95 Å². The summed E-state index contributed by atoms with van der Waals surface area (Å²) in [7, 11) is -0.466. The Hall–Kier alpha value is -1.87. The molecule has 2 aliphatic heterocycles. The molecule has 1 aromatic rings. The molecule has 3 rings (SSSR count). The highest BCUT2D eigenvalue weighted by Gasteiger charge is 2.52. The quantitative estimate of drug-likeness (QED) is 0.772.